The molecule has 144 valence electrons. The molecule has 0 fully saturated rings. The molecular formula is C30H18O. The molecule has 7 rings (SSSR count). The maximum absolute atomic E-state index is 9.24. The van der Waals surface area contributed by atoms with Gasteiger partial charge in [0.25, 0.3) is 0 Å². The lowest BCUT2D eigenvalue weighted by Crippen LogP contribution is -1.88. The minimum atomic E-state index is -0.580. The van der Waals surface area contributed by atoms with Gasteiger partial charge < -0.3 is 4.42 Å². The molecule has 0 bridgehead atoms. The van der Waals surface area contributed by atoms with Crippen molar-refractivity contribution in [3.8, 4) is 11.1 Å². The Bertz CT molecular complexity index is 2370. The Kier molecular flexibility index (Phi) is 1.87. The van der Waals surface area contributed by atoms with Crippen LogP contribution in [0.1, 0.15) is 15.1 Å². The lowest BCUT2D eigenvalue weighted by Gasteiger charge is -2.15. The fourth-order valence-corrected chi connectivity index (χ4v) is 4.31. The molecule has 0 radical (unpaired) electrons. The van der Waals surface area contributed by atoms with Crippen LogP contribution in [-0.2, 0) is 0 Å². The van der Waals surface area contributed by atoms with Crippen LogP contribution in [0.2, 0.25) is 0 Å². The van der Waals surface area contributed by atoms with Crippen molar-refractivity contribution in [1.82, 2.24) is 0 Å². The van der Waals surface area contributed by atoms with Gasteiger partial charge in [0.2, 0.25) is 0 Å². The van der Waals surface area contributed by atoms with Crippen LogP contribution in [0.15, 0.2) is 113 Å². The van der Waals surface area contributed by atoms with E-state index in [0.717, 1.165) is 0 Å². The molecule has 0 unspecified atom stereocenters. The van der Waals surface area contributed by atoms with Crippen LogP contribution < -0.4 is 0 Å². The third-order valence-corrected chi connectivity index (χ3v) is 5.61. The molecule has 1 aromatic heterocycles. The zero-order valence-corrected chi connectivity index (χ0v) is 15.9. The van der Waals surface area contributed by atoms with Gasteiger partial charge in [0.15, 0.2) is 0 Å². The molecule has 0 amide bonds. The van der Waals surface area contributed by atoms with E-state index in [-0.39, 0.29) is 37.9 Å². The number of hydrogen-bond acceptors (Lipinski definition) is 1. The van der Waals surface area contributed by atoms with Crippen LogP contribution >= 0.6 is 0 Å². The summed E-state index contributed by atoms with van der Waals surface area (Å²) in [5.41, 5.74) is 1.64. The lowest BCUT2D eigenvalue weighted by molar-refractivity contribution is 0.669. The molecule has 0 aliphatic heterocycles. The molecule has 0 aliphatic rings. The van der Waals surface area contributed by atoms with Crippen LogP contribution in [0.5, 0.6) is 0 Å². The zero-order valence-electron chi connectivity index (χ0n) is 26.9. The van der Waals surface area contributed by atoms with Gasteiger partial charge in [-0.1, -0.05) is 90.8 Å². The molecule has 31 heavy (non-hydrogen) atoms. The smallest absolute Gasteiger partial charge is 0.136 e. The highest BCUT2D eigenvalue weighted by Gasteiger charge is 2.17. The standard InChI is InChI=1S/C30H18O/c1-3-10-21-19(8-1)16-17-23-26(21)18-20-9-2-4-11-22(20)29(23)25-13-7-15-28-30(25)24-12-5-6-14-27(24)31-28/h1-18H/i1D,2D,3D,4D,8D,9D,10D,11D,16D,17D,18D. The zero-order chi connectivity index (χ0) is 29.9. The van der Waals surface area contributed by atoms with Crippen molar-refractivity contribution in [3.05, 3.63) is 109 Å². The van der Waals surface area contributed by atoms with Gasteiger partial charge in [-0.25, -0.2) is 0 Å². The summed E-state index contributed by atoms with van der Waals surface area (Å²) in [6.45, 7) is 0. The molecule has 1 heteroatoms. The molecule has 6 aromatic carbocycles. The molecule has 0 spiro atoms. The van der Waals surface area contributed by atoms with Crippen molar-refractivity contribution < 1.29 is 19.5 Å². The predicted octanol–water partition coefficient (Wildman–Crippen LogP) is 8.71. The van der Waals surface area contributed by atoms with Crippen molar-refractivity contribution in [2.75, 3.05) is 0 Å². The minimum absolute atomic E-state index is 0.0159. The van der Waals surface area contributed by atoms with Gasteiger partial charge in [-0.2, -0.15) is 0 Å². The van der Waals surface area contributed by atoms with E-state index in [1.165, 1.54) is 0 Å². The lowest BCUT2D eigenvalue weighted by atomic mass is 9.88. The predicted molar refractivity (Wildman–Crippen MR) is 132 cm³/mol. The third kappa shape index (κ3) is 2.32. The Morgan fingerprint density at radius 1 is 0.548 bits per heavy atom. The van der Waals surface area contributed by atoms with E-state index in [1.54, 1.807) is 24.3 Å². The monoisotopic (exact) mass is 405 g/mol. The van der Waals surface area contributed by atoms with Gasteiger partial charge in [-0.3, -0.25) is 0 Å². The second-order valence-corrected chi connectivity index (χ2v) is 7.28. The van der Waals surface area contributed by atoms with Gasteiger partial charge >= 0.3 is 0 Å². The summed E-state index contributed by atoms with van der Waals surface area (Å²) in [7, 11) is 0. The Morgan fingerprint density at radius 3 is 2.26 bits per heavy atom. The van der Waals surface area contributed by atoms with Crippen molar-refractivity contribution in [1.29, 1.82) is 0 Å². The molecule has 0 saturated carbocycles. The van der Waals surface area contributed by atoms with Gasteiger partial charge in [0.1, 0.15) is 11.2 Å². The van der Waals surface area contributed by atoms with E-state index in [4.69, 9.17) is 18.1 Å². The maximum Gasteiger partial charge on any atom is 0.136 e. The van der Waals surface area contributed by atoms with E-state index in [2.05, 4.69) is 0 Å². The normalized spacial score (nSPS) is 16.8. The fourth-order valence-electron chi connectivity index (χ4n) is 4.31. The Labute approximate surface area is 194 Å². The topological polar surface area (TPSA) is 13.1 Å². The Balaban J connectivity index is 1.91. The Morgan fingerprint density at radius 2 is 1.32 bits per heavy atom. The van der Waals surface area contributed by atoms with Gasteiger partial charge in [-0.15, -0.1) is 0 Å². The number of benzene rings is 6. The average molecular weight is 406 g/mol. The summed E-state index contributed by atoms with van der Waals surface area (Å²) in [5, 5.41) is 0.644. The van der Waals surface area contributed by atoms with Gasteiger partial charge in [-0.05, 0) is 61.6 Å². The fraction of sp³-hybridized carbons (Fsp3) is 0. The summed E-state index contributed by atoms with van der Waals surface area (Å²) >= 11 is 0. The number of furan rings is 1. The van der Waals surface area contributed by atoms with Gasteiger partial charge in [0.05, 0.1) is 15.1 Å². The van der Waals surface area contributed by atoms with Crippen LogP contribution in [0, 0.1) is 0 Å². The van der Waals surface area contributed by atoms with E-state index in [0.29, 0.717) is 27.5 Å². The van der Waals surface area contributed by atoms with Crippen LogP contribution in [-0.4, -0.2) is 0 Å². The van der Waals surface area contributed by atoms with Crippen molar-refractivity contribution in [2.45, 2.75) is 0 Å². The van der Waals surface area contributed by atoms with Crippen molar-refractivity contribution in [2.24, 2.45) is 0 Å². The highest BCUT2D eigenvalue weighted by atomic mass is 16.3. The highest BCUT2D eigenvalue weighted by Crippen LogP contribution is 2.44. The summed E-state index contributed by atoms with van der Waals surface area (Å²) in [4.78, 5) is 0. The second kappa shape index (κ2) is 6.20. The molecule has 0 aliphatic carbocycles. The van der Waals surface area contributed by atoms with Gasteiger partial charge in [0, 0.05) is 10.8 Å². The average Bonchev–Trinajstić information content (AvgIpc) is 3.37. The molecule has 7 aromatic rings. The molecule has 1 heterocycles. The van der Waals surface area contributed by atoms with Crippen molar-refractivity contribution >= 4 is 54.3 Å². The first-order valence-corrected chi connectivity index (χ1v) is 9.73. The molecule has 0 atom stereocenters. The SMILES string of the molecule is [2H]c1c([2H])c([2H])c2c([2H])c3c(c([2H])c([2H])c4c([2H])c([2H])c([2H])c([2H])c43)c(-c3cccc4oc5ccccc5c34)c2c1[2H]. The van der Waals surface area contributed by atoms with E-state index >= 15 is 0 Å². The molecular weight excluding hydrogens is 376 g/mol. The number of rotatable bonds is 1. The number of hydrogen-bond donors (Lipinski definition) is 0. The van der Waals surface area contributed by atoms with Crippen LogP contribution in [0.3, 0.4) is 0 Å². The molecule has 0 N–H and O–H groups in total. The first-order chi connectivity index (χ1) is 20.0. The molecule has 1 nitrogen and oxygen atoms in total. The van der Waals surface area contributed by atoms with Crippen LogP contribution in [0.4, 0.5) is 0 Å². The highest BCUT2D eigenvalue weighted by molar-refractivity contribution is 6.24. The minimum Gasteiger partial charge on any atom is -0.456 e. The molecule has 0 saturated heterocycles. The Hall–Kier alpha value is -4.10. The summed E-state index contributed by atoms with van der Waals surface area (Å²) < 4.78 is 102. The van der Waals surface area contributed by atoms with E-state index in [9.17, 15) is 1.37 Å². The summed E-state index contributed by atoms with van der Waals surface area (Å²) in [5.74, 6) is 0. The first-order valence-electron chi connectivity index (χ1n) is 15.2. The summed E-state index contributed by atoms with van der Waals surface area (Å²) in [6.07, 6.45) is 0. The van der Waals surface area contributed by atoms with E-state index in [1.807, 2.05) is 18.2 Å². The largest absolute Gasteiger partial charge is 0.456 e. The quantitative estimate of drug-likeness (QED) is 0.197. The first kappa shape index (κ1) is 9.36. The third-order valence-electron chi connectivity index (χ3n) is 5.61. The van der Waals surface area contributed by atoms with E-state index < -0.39 is 66.5 Å². The second-order valence-electron chi connectivity index (χ2n) is 7.28. The summed E-state index contributed by atoms with van der Waals surface area (Å²) in [6, 6.07) is 6.93. The van der Waals surface area contributed by atoms with Crippen LogP contribution in [0.25, 0.3) is 65.4 Å². The maximum atomic E-state index is 9.24. The number of fused-ring (bicyclic) bond motifs is 7. The van der Waals surface area contributed by atoms with Crippen molar-refractivity contribution in [3.63, 3.8) is 0 Å². The number of para-hydroxylation sites is 1.